The molecule has 3 heteroatoms. The van der Waals surface area contributed by atoms with Crippen LogP contribution in [0.15, 0.2) is 12.3 Å². The van der Waals surface area contributed by atoms with Gasteiger partial charge in [0, 0.05) is 25.5 Å². The lowest BCUT2D eigenvalue weighted by Gasteiger charge is -2.32. The molecule has 0 aliphatic carbocycles. The molecule has 1 heterocycles. The first-order chi connectivity index (χ1) is 8.17. The molecule has 0 spiro atoms. The third-order valence-electron chi connectivity index (χ3n) is 4.08. The molecule has 0 amide bonds. The molecular weight excluding hydrogens is 210 g/mol. The van der Waals surface area contributed by atoms with Crippen molar-refractivity contribution in [3.8, 4) is 0 Å². The highest BCUT2D eigenvalue weighted by molar-refractivity contribution is 5.01. The zero-order valence-corrected chi connectivity index (χ0v) is 11.8. The first-order valence-electron chi connectivity index (χ1n) is 6.85. The van der Waals surface area contributed by atoms with Crippen LogP contribution in [-0.2, 0) is 13.5 Å². The van der Waals surface area contributed by atoms with Gasteiger partial charge in [-0.15, -0.1) is 0 Å². The molecule has 1 aromatic heterocycles. The molecule has 0 aliphatic heterocycles. The molecule has 98 valence electrons. The summed E-state index contributed by atoms with van der Waals surface area (Å²) in [6, 6.07) is 2.13. The van der Waals surface area contributed by atoms with Crippen molar-refractivity contribution < 1.29 is 0 Å². The highest BCUT2D eigenvalue weighted by atomic mass is 15.2. The number of hydrogen-bond donors (Lipinski definition) is 1. The molecule has 0 radical (unpaired) electrons. The van der Waals surface area contributed by atoms with Crippen molar-refractivity contribution >= 4 is 0 Å². The maximum absolute atomic E-state index is 4.23. The van der Waals surface area contributed by atoms with Crippen LogP contribution < -0.4 is 5.32 Å². The van der Waals surface area contributed by atoms with Crippen LogP contribution in [-0.4, -0.2) is 22.9 Å². The standard InChI is InChI=1S/C14H27N3/c1-5-14(6-2,12-15-7-3)10-8-13-9-11-16-17(13)4/h9,11,15H,5-8,10,12H2,1-4H3. The van der Waals surface area contributed by atoms with Gasteiger partial charge in [-0.05, 0) is 43.7 Å². The van der Waals surface area contributed by atoms with E-state index in [2.05, 4.69) is 37.3 Å². The Balaban J connectivity index is 2.57. The SMILES string of the molecule is CCNCC(CC)(CC)CCc1ccnn1C. The second kappa shape index (κ2) is 6.80. The van der Waals surface area contributed by atoms with E-state index in [0.29, 0.717) is 5.41 Å². The van der Waals surface area contributed by atoms with Crippen molar-refractivity contribution in [2.24, 2.45) is 12.5 Å². The zero-order chi connectivity index (χ0) is 12.7. The van der Waals surface area contributed by atoms with E-state index >= 15 is 0 Å². The summed E-state index contributed by atoms with van der Waals surface area (Å²) < 4.78 is 1.99. The van der Waals surface area contributed by atoms with Crippen LogP contribution >= 0.6 is 0 Å². The van der Waals surface area contributed by atoms with Crippen LogP contribution in [0.5, 0.6) is 0 Å². The lowest BCUT2D eigenvalue weighted by Crippen LogP contribution is -2.34. The molecule has 1 rings (SSSR count). The van der Waals surface area contributed by atoms with Gasteiger partial charge in [-0.2, -0.15) is 5.10 Å². The summed E-state index contributed by atoms with van der Waals surface area (Å²) in [5.74, 6) is 0. The third-order valence-corrected chi connectivity index (χ3v) is 4.08. The molecule has 0 saturated carbocycles. The van der Waals surface area contributed by atoms with E-state index in [9.17, 15) is 0 Å². The van der Waals surface area contributed by atoms with Gasteiger partial charge in [0.1, 0.15) is 0 Å². The summed E-state index contributed by atoms with van der Waals surface area (Å²) in [7, 11) is 2.03. The van der Waals surface area contributed by atoms with Gasteiger partial charge in [-0.1, -0.05) is 20.8 Å². The maximum Gasteiger partial charge on any atom is 0.0492 e. The quantitative estimate of drug-likeness (QED) is 0.753. The summed E-state index contributed by atoms with van der Waals surface area (Å²) in [6.07, 6.45) is 6.75. The molecule has 0 fully saturated rings. The normalized spacial score (nSPS) is 12.0. The Morgan fingerprint density at radius 3 is 2.47 bits per heavy atom. The number of rotatable bonds is 8. The van der Waals surface area contributed by atoms with Crippen LogP contribution in [0.2, 0.25) is 0 Å². The lowest BCUT2D eigenvalue weighted by atomic mass is 9.77. The molecule has 17 heavy (non-hydrogen) atoms. The number of nitrogens with one attached hydrogen (secondary N) is 1. The predicted octanol–water partition coefficient (Wildman–Crippen LogP) is 2.77. The van der Waals surface area contributed by atoms with E-state index in [1.54, 1.807) is 0 Å². The van der Waals surface area contributed by atoms with Crippen LogP contribution in [0.4, 0.5) is 0 Å². The van der Waals surface area contributed by atoms with Crippen molar-refractivity contribution in [2.45, 2.75) is 46.5 Å². The summed E-state index contributed by atoms with van der Waals surface area (Å²) >= 11 is 0. The number of aryl methyl sites for hydroxylation is 2. The van der Waals surface area contributed by atoms with E-state index < -0.39 is 0 Å². The highest BCUT2D eigenvalue weighted by Gasteiger charge is 2.25. The van der Waals surface area contributed by atoms with Crippen LogP contribution in [0, 0.1) is 5.41 Å². The Kier molecular flexibility index (Phi) is 5.69. The summed E-state index contributed by atoms with van der Waals surface area (Å²) in [5, 5.41) is 7.75. The van der Waals surface area contributed by atoms with Gasteiger partial charge in [-0.25, -0.2) is 0 Å². The van der Waals surface area contributed by atoms with E-state index in [0.717, 1.165) is 19.5 Å². The Bertz CT molecular complexity index is 313. The minimum Gasteiger partial charge on any atom is -0.316 e. The summed E-state index contributed by atoms with van der Waals surface area (Å²) in [6.45, 7) is 8.99. The molecule has 0 bridgehead atoms. The Labute approximate surface area is 106 Å². The Hall–Kier alpha value is -0.830. The second-order valence-corrected chi connectivity index (χ2v) is 4.93. The average Bonchev–Trinajstić information content (AvgIpc) is 2.76. The number of nitrogens with zero attached hydrogens (tertiary/aromatic N) is 2. The number of hydrogen-bond acceptors (Lipinski definition) is 2. The van der Waals surface area contributed by atoms with Crippen LogP contribution in [0.1, 0.15) is 45.7 Å². The first-order valence-corrected chi connectivity index (χ1v) is 6.85. The Morgan fingerprint density at radius 2 is 2.00 bits per heavy atom. The first kappa shape index (κ1) is 14.2. The minimum absolute atomic E-state index is 0.445. The second-order valence-electron chi connectivity index (χ2n) is 4.93. The van der Waals surface area contributed by atoms with E-state index in [-0.39, 0.29) is 0 Å². The van der Waals surface area contributed by atoms with Crippen molar-refractivity contribution in [2.75, 3.05) is 13.1 Å². The molecule has 0 unspecified atom stereocenters. The zero-order valence-electron chi connectivity index (χ0n) is 11.8. The van der Waals surface area contributed by atoms with Gasteiger partial charge < -0.3 is 5.32 Å². The molecular formula is C14H27N3. The van der Waals surface area contributed by atoms with E-state index in [1.807, 2.05) is 17.9 Å². The van der Waals surface area contributed by atoms with Gasteiger partial charge in [0.05, 0.1) is 0 Å². The van der Waals surface area contributed by atoms with Gasteiger partial charge in [0.2, 0.25) is 0 Å². The molecule has 3 nitrogen and oxygen atoms in total. The van der Waals surface area contributed by atoms with E-state index in [4.69, 9.17) is 0 Å². The fourth-order valence-corrected chi connectivity index (χ4v) is 2.37. The van der Waals surface area contributed by atoms with Crippen LogP contribution in [0.25, 0.3) is 0 Å². The molecule has 0 saturated heterocycles. The molecule has 1 N–H and O–H groups in total. The van der Waals surface area contributed by atoms with E-state index in [1.165, 1.54) is 25.0 Å². The lowest BCUT2D eigenvalue weighted by molar-refractivity contribution is 0.228. The van der Waals surface area contributed by atoms with Crippen molar-refractivity contribution in [3.05, 3.63) is 18.0 Å². The van der Waals surface area contributed by atoms with Gasteiger partial charge in [0.25, 0.3) is 0 Å². The van der Waals surface area contributed by atoms with Crippen molar-refractivity contribution in [3.63, 3.8) is 0 Å². The largest absolute Gasteiger partial charge is 0.316 e. The Morgan fingerprint density at radius 1 is 1.29 bits per heavy atom. The third kappa shape index (κ3) is 3.84. The highest BCUT2D eigenvalue weighted by Crippen LogP contribution is 2.31. The molecule has 0 atom stereocenters. The average molecular weight is 237 g/mol. The van der Waals surface area contributed by atoms with Crippen LogP contribution in [0.3, 0.4) is 0 Å². The predicted molar refractivity (Wildman–Crippen MR) is 73.1 cm³/mol. The fourth-order valence-electron chi connectivity index (χ4n) is 2.37. The molecule has 0 aliphatic rings. The summed E-state index contributed by atoms with van der Waals surface area (Å²) in [4.78, 5) is 0. The smallest absolute Gasteiger partial charge is 0.0492 e. The van der Waals surface area contributed by atoms with Crippen molar-refractivity contribution in [1.82, 2.24) is 15.1 Å². The van der Waals surface area contributed by atoms with Gasteiger partial charge >= 0.3 is 0 Å². The monoisotopic (exact) mass is 237 g/mol. The fraction of sp³-hybridized carbons (Fsp3) is 0.786. The topological polar surface area (TPSA) is 29.9 Å². The van der Waals surface area contributed by atoms with Gasteiger partial charge in [0.15, 0.2) is 0 Å². The maximum atomic E-state index is 4.23. The summed E-state index contributed by atoms with van der Waals surface area (Å²) in [5.41, 5.74) is 1.79. The van der Waals surface area contributed by atoms with Crippen molar-refractivity contribution in [1.29, 1.82) is 0 Å². The molecule has 0 aromatic carbocycles. The van der Waals surface area contributed by atoms with Gasteiger partial charge in [-0.3, -0.25) is 4.68 Å². The number of aromatic nitrogens is 2. The molecule has 1 aromatic rings. The minimum atomic E-state index is 0.445.